The summed E-state index contributed by atoms with van der Waals surface area (Å²) in [4.78, 5) is 44.2. The number of carbonyl (C=O) groups excluding carboxylic acids is 3. The summed E-state index contributed by atoms with van der Waals surface area (Å²) >= 11 is 0. The fraction of sp³-hybridized carbons (Fsp3) is 0.552. The number of nitrogens with zero attached hydrogens (tertiary/aromatic N) is 2. The molecule has 2 bridgehead atoms. The number of phenolic OH excluding ortho intramolecular Hbond substituents is 2. The number of nitrogens with one attached hydrogen (secondary N) is 1. The van der Waals surface area contributed by atoms with Gasteiger partial charge in [-0.3, -0.25) is 24.2 Å². The number of rotatable bonds is 6. The number of ketones is 2. The highest BCUT2D eigenvalue weighted by atomic mass is 16.5. The Morgan fingerprint density at radius 3 is 2.34 bits per heavy atom. The number of fused-ring (bicyclic) bond motifs is 6. The molecule has 0 radical (unpaired) electrons. The fourth-order valence-electron chi connectivity index (χ4n) is 7.24. The minimum absolute atomic E-state index is 0.00654. The monoisotopic (exact) mass is 570 g/mol. The van der Waals surface area contributed by atoms with Gasteiger partial charge in [0, 0.05) is 59.7 Å². The first kappa shape index (κ1) is 29.1. The quantitative estimate of drug-likeness (QED) is 0.282. The molecule has 1 aromatic carbocycles. The van der Waals surface area contributed by atoms with Crippen LogP contribution in [0.2, 0.25) is 0 Å². The smallest absolute Gasteiger partial charge is 0.236 e. The van der Waals surface area contributed by atoms with Crippen LogP contribution in [0.4, 0.5) is 0 Å². The summed E-state index contributed by atoms with van der Waals surface area (Å²) in [5.74, 6) is -1.03. The minimum atomic E-state index is -0.768. The van der Waals surface area contributed by atoms with Crippen LogP contribution in [0.25, 0.3) is 0 Å². The van der Waals surface area contributed by atoms with Crippen molar-refractivity contribution in [1.82, 2.24) is 15.1 Å². The molecule has 12 heteroatoms. The lowest BCUT2D eigenvalue weighted by molar-refractivity contribution is -0.126. The van der Waals surface area contributed by atoms with Crippen molar-refractivity contribution in [1.29, 1.82) is 0 Å². The molecule has 0 unspecified atom stereocenters. The van der Waals surface area contributed by atoms with Gasteiger partial charge in [-0.2, -0.15) is 0 Å². The van der Waals surface area contributed by atoms with E-state index in [0.717, 1.165) is 0 Å². The maximum atomic E-state index is 13.8. The molecule has 0 saturated carbocycles. The van der Waals surface area contributed by atoms with Gasteiger partial charge in [0.25, 0.3) is 0 Å². The van der Waals surface area contributed by atoms with E-state index in [1.54, 1.807) is 27.9 Å². The van der Waals surface area contributed by atoms with E-state index in [0.29, 0.717) is 34.4 Å². The first-order chi connectivity index (χ1) is 19.4. The van der Waals surface area contributed by atoms with Gasteiger partial charge in [-0.05, 0) is 34.2 Å². The van der Waals surface area contributed by atoms with Gasteiger partial charge in [-0.25, -0.2) is 0 Å². The van der Waals surface area contributed by atoms with Crippen LogP contribution in [0.3, 0.4) is 0 Å². The van der Waals surface area contributed by atoms with Crippen molar-refractivity contribution in [3.05, 3.63) is 39.2 Å². The third-order valence-corrected chi connectivity index (χ3v) is 9.21. The lowest BCUT2D eigenvalue weighted by Gasteiger charge is -2.59. The van der Waals surface area contributed by atoms with Crippen LogP contribution in [0.5, 0.6) is 17.2 Å². The number of phenols is 2. The Morgan fingerprint density at radius 2 is 1.76 bits per heavy atom. The molecule has 41 heavy (non-hydrogen) atoms. The van der Waals surface area contributed by atoms with E-state index in [-0.39, 0.29) is 65.1 Å². The van der Waals surface area contributed by atoms with Gasteiger partial charge in [0.05, 0.1) is 38.4 Å². The molecule has 3 aliphatic heterocycles. The number of amides is 1. The van der Waals surface area contributed by atoms with Crippen molar-refractivity contribution in [3.8, 4) is 17.2 Å². The maximum Gasteiger partial charge on any atom is 0.236 e. The van der Waals surface area contributed by atoms with E-state index in [2.05, 4.69) is 15.1 Å². The molecule has 222 valence electrons. The number of methoxy groups -OCH3 is 3. The van der Waals surface area contributed by atoms with E-state index in [1.165, 1.54) is 14.2 Å². The Labute approximate surface area is 238 Å². The summed E-state index contributed by atoms with van der Waals surface area (Å²) < 4.78 is 16.8. The lowest BCUT2D eigenvalue weighted by Crippen LogP contribution is -2.68. The second-order valence-corrected chi connectivity index (χ2v) is 11.2. The molecule has 4 aliphatic rings. The normalized spacial score (nSPS) is 28.6. The fourth-order valence-corrected chi connectivity index (χ4v) is 7.24. The summed E-state index contributed by atoms with van der Waals surface area (Å²) in [7, 11) is 6.25. The van der Waals surface area contributed by atoms with E-state index in [9.17, 15) is 24.6 Å². The number of allylic oxidation sites excluding steroid dienone is 2. The molecule has 0 spiro atoms. The van der Waals surface area contributed by atoms with Crippen LogP contribution >= 0.6 is 0 Å². The summed E-state index contributed by atoms with van der Waals surface area (Å²) in [5, 5.41) is 25.7. The van der Waals surface area contributed by atoms with E-state index in [4.69, 9.17) is 19.9 Å². The summed E-state index contributed by atoms with van der Waals surface area (Å²) in [6, 6.07) is -2.66. The van der Waals surface area contributed by atoms with Crippen LogP contribution in [-0.4, -0.2) is 103 Å². The lowest BCUT2D eigenvalue weighted by atomic mass is 9.70. The number of piperazine rings is 1. The van der Waals surface area contributed by atoms with Gasteiger partial charge in [0.2, 0.25) is 11.7 Å². The van der Waals surface area contributed by atoms with Crippen LogP contribution in [0.1, 0.15) is 49.1 Å². The van der Waals surface area contributed by atoms with Crippen molar-refractivity contribution in [2.45, 2.75) is 63.5 Å². The predicted octanol–water partition coefficient (Wildman–Crippen LogP) is 0.746. The highest BCUT2D eigenvalue weighted by molar-refractivity contribution is 6.25. The predicted molar refractivity (Wildman–Crippen MR) is 147 cm³/mol. The molecule has 0 aromatic heterocycles. The number of hydrogen-bond acceptors (Lipinski definition) is 11. The number of nitrogens with two attached hydrogens (primary N) is 1. The molecule has 1 saturated heterocycles. The Morgan fingerprint density at radius 1 is 1.07 bits per heavy atom. The maximum absolute atomic E-state index is 13.8. The van der Waals surface area contributed by atoms with Gasteiger partial charge in [-0.1, -0.05) is 0 Å². The van der Waals surface area contributed by atoms with Crippen LogP contribution in [0.15, 0.2) is 22.5 Å². The number of Topliss-reactive ketones (excluding diaryl/α,β-unsaturated/α-hetero) is 2. The van der Waals surface area contributed by atoms with Gasteiger partial charge in [-0.15, -0.1) is 0 Å². The third kappa shape index (κ3) is 4.07. The molecule has 1 aliphatic carbocycles. The second kappa shape index (κ2) is 10.4. The van der Waals surface area contributed by atoms with Crippen LogP contribution in [0, 0.1) is 6.92 Å². The molecule has 1 amide bonds. The summed E-state index contributed by atoms with van der Waals surface area (Å²) in [6.45, 7) is 5.24. The highest BCUT2D eigenvalue weighted by Gasteiger charge is 2.57. The molecule has 6 atom stereocenters. The minimum Gasteiger partial charge on any atom is -0.507 e. The van der Waals surface area contributed by atoms with E-state index < -0.39 is 30.3 Å². The van der Waals surface area contributed by atoms with Gasteiger partial charge >= 0.3 is 0 Å². The number of ether oxygens (including phenoxy) is 3. The largest absolute Gasteiger partial charge is 0.507 e. The summed E-state index contributed by atoms with van der Waals surface area (Å²) in [6.07, 6.45) is -0.418. The molecule has 1 aromatic rings. The number of hydrogen-bond donors (Lipinski definition) is 4. The first-order valence-electron chi connectivity index (χ1n) is 13.6. The third-order valence-electron chi connectivity index (χ3n) is 9.21. The number of benzene rings is 1. The topological polar surface area (TPSA) is 164 Å². The Hall–Kier alpha value is -3.45. The standard InChI is InChI=1S/C29H38N4O8/c1-11-22(34)14-8-15-21-19-20(23(35)12(2)27(40-6)25(19)37)28(41-7)17(32(21)4)10-33(15)16(9-31-29(38)13(3)30)18(14)24(36)26(11)39-5/h13,15-17,21,28,35,37H,8-10,30H2,1-7H3,(H,31,38)/t13-,15-,16-,17-,21-,28+/m0/s1. The summed E-state index contributed by atoms with van der Waals surface area (Å²) in [5.41, 5.74) is 8.03. The van der Waals surface area contributed by atoms with Crippen molar-refractivity contribution >= 4 is 17.5 Å². The van der Waals surface area contributed by atoms with Crippen molar-refractivity contribution in [2.75, 3.05) is 41.5 Å². The van der Waals surface area contributed by atoms with Crippen LogP contribution in [-0.2, 0) is 23.9 Å². The second-order valence-electron chi connectivity index (χ2n) is 11.2. The molecule has 5 N–H and O–H groups in total. The highest BCUT2D eigenvalue weighted by Crippen LogP contribution is 2.58. The average Bonchev–Trinajstić information content (AvgIpc) is 2.93. The molecular weight excluding hydrogens is 532 g/mol. The van der Waals surface area contributed by atoms with Crippen molar-refractivity contribution in [3.63, 3.8) is 0 Å². The number of aromatic hydroxyl groups is 2. The van der Waals surface area contributed by atoms with E-state index in [1.807, 2.05) is 7.05 Å². The van der Waals surface area contributed by atoms with Crippen molar-refractivity contribution in [2.24, 2.45) is 5.73 Å². The molecule has 12 nitrogen and oxygen atoms in total. The van der Waals surface area contributed by atoms with Crippen molar-refractivity contribution < 1.29 is 38.8 Å². The van der Waals surface area contributed by atoms with Gasteiger partial charge in [0.15, 0.2) is 23.0 Å². The molecule has 5 rings (SSSR count). The number of carbonyl (C=O) groups is 3. The Bertz CT molecular complexity index is 1400. The molecule has 3 heterocycles. The Balaban J connectivity index is 1.72. The van der Waals surface area contributed by atoms with Crippen LogP contribution < -0.4 is 15.8 Å². The zero-order valence-electron chi connectivity index (χ0n) is 24.4. The SMILES string of the molecule is COC1=C(C)C(=O)C2=C(C1=O)[C@H](CNC(=O)[C@H](C)N)N1C[C@H]3[C@@H](OC)c4c(O)c(C)c(OC)c(O)c4[C@H]([C@@H]1C2)N3C. The van der Waals surface area contributed by atoms with Gasteiger partial charge in [0.1, 0.15) is 11.9 Å². The average molecular weight is 571 g/mol. The zero-order valence-corrected chi connectivity index (χ0v) is 24.4. The first-order valence-corrected chi connectivity index (χ1v) is 13.6. The molecular formula is C29H38N4O8. The number of likely N-dealkylation sites (N-methyl/N-ethyl adjacent to an activating group) is 1. The van der Waals surface area contributed by atoms with E-state index >= 15 is 0 Å². The Kier molecular flexibility index (Phi) is 7.39. The zero-order chi connectivity index (χ0) is 30.1. The van der Waals surface area contributed by atoms with Gasteiger partial charge < -0.3 is 35.5 Å². The molecule has 1 fully saturated rings.